The van der Waals surface area contributed by atoms with Gasteiger partial charge in [0.15, 0.2) is 12.1 Å². The molecule has 1 rings (SSSR count). The van der Waals surface area contributed by atoms with E-state index in [-0.39, 0.29) is 11.9 Å². The van der Waals surface area contributed by atoms with Crippen LogP contribution in [0.15, 0.2) is 17.9 Å². The Morgan fingerprint density at radius 2 is 1.82 bits per heavy atom. The Hall–Kier alpha value is -2.50. The van der Waals surface area contributed by atoms with Crippen LogP contribution in [0.1, 0.15) is 27.6 Å². The molecule has 0 heterocycles. The second-order valence-corrected chi connectivity index (χ2v) is 3.31. The number of hydrogen-bond donors (Lipinski definition) is 4. The normalized spacial score (nSPS) is 11.2. The van der Waals surface area contributed by atoms with E-state index in [2.05, 4.69) is 0 Å². The molecule has 4 N–H and O–H groups in total. The summed E-state index contributed by atoms with van der Waals surface area (Å²) >= 11 is 0. The number of ketones is 1. The van der Waals surface area contributed by atoms with E-state index in [4.69, 9.17) is 5.11 Å². The highest BCUT2D eigenvalue weighted by molar-refractivity contribution is 6.13. The predicted molar refractivity (Wildman–Crippen MR) is 57.5 cm³/mol. The lowest BCUT2D eigenvalue weighted by atomic mass is 10.00. The summed E-state index contributed by atoms with van der Waals surface area (Å²) in [6.07, 6.45) is 0.660. The fourth-order valence-electron chi connectivity index (χ4n) is 1.25. The maximum Gasteiger partial charge on any atom is 0.199 e. The maximum absolute atomic E-state index is 11.7. The van der Waals surface area contributed by atoms with Gasteiger partial charge in [0.05, 0.1) is 11.8 Å². The predicted octanol–water partition coefficient (Wildman–Crippen LogP) is 1.26. The van der Waals surface area contributed by atoms with Crippen LogP contribution in [0.4, 0.5) is 0 Å². The highest BCUT2D eigenvalue weighted by Crippen LogP contribution is 2.37. The lowest BCUT2D eigenvalue weighted by Crippen LogP contribution is -2.03. The van der Waals surface area contributed by atoms with Crippen LogP contribution in [0.2, 0.25) is 0 Å². The smallest absolute Gasteiger partial charge is 0.199 e. The lowest BCUT2D eigenvalue weighted by molar-refractivity contribution is 0.102. The van der Waals surface area contributed by atoms with Gasteiger partial charge in [-0.3, -0.25) is 9.59 Å². The average Bonchev–Trinajstić information content (AvgIpc) is 2.27. The Bertz CT molecular complexity index is 515. The quantitative estimate of drug-likeness (QED) is 0.273. The molecule has 0 amide bonds. The molecular formula is C11H10O6. The number of aldehydes is 1. The number of Topliss-reactive ketones (excluding diaryl/α,β-unsaturated/α-hetero) is 1. The zero-order valence-electron chi connectivity index (χ0n) is 8.84. The van der Waals surface area contributed by atoms with Gasteiger partial charge in [0.2, 0.25) is 0 Å². The summed E-state index contributed by atoms with van der Waals surface area (Å²) in [5.41, 5.74) is -1.19. The van der Waals surface area contributed by atoms with Crippen molar-refractivity contribution >= 4 is 12.1 Å². The Kier molecular flexibility index (Phi) is 3.37. The molecule has 6 heteroatoms. The Labute approximate surface area is 96.1 Å². The topological polar surface area (TPSA) is 115 Å². The van der Waals surface area contributed by atoms with Gasteiger partial charge in [0.1, 0.15) is 22.8 Å². The molecule has 0 fully saturated rings. The molecule has 0 aliphatic rings. The van der Waals surface area contributed by atoms with Crippen molar-refractivity contribution in [2.24, 2.45) is 0 Å². The van der Waals surface area contributed by atoms with Crippen molar-refractivity contribution < 1.29 is 30.0 Å². The fourth-order valence-corrected chi connectivity index (χ4v) is 1.25. The van der Waals surface area contributed by atoms with E-state index in [1.165, 1.54) is 6.92 Å². The fraction of sp³-hybridized carbons (Fsp3) is 0.0909. The summed E-state index contributed by atoms with van der Waals surface area (Å²) in [4.78, 5) is 22.2. The number of phenolic OH excluding ortho intramolecular Hbond substituents is 3. The SMILES string of the molecule is C/C(=C/O)C(=O)c1c(O)cc(O)c(C=O)c1O. The third kappa shape index (κ3) is 2.05. The first-order valence-electron chi connectivity index (χ1n) is 4.52. The Morgan fingerprint density at radius 3 is 2.29 bits per heavy atom. The van der Waals surface area contributed by atoms with Gasteiger partial charge >= 0.3 is 0 Å². The van der Waals surface area contributed by atoms with Crippen molar-refractivity contribution in [3.8, 4) is 17.2 Å². The van der Waals surface area contributed by atoms with Crippen LogP contribution >= 0.6 is 0 Å². The van der Waals surface area contributed by atoms with Crippen molar-refractivity contribution in [2.45, 2.75) is 6.92 Å². The molecule has 0 atom stereocenters. The highest BCUT2D eigenvalue weighted by atomic mass is 16.3. The van der Waals surface area contributed by atoms with Gasteiger partial charge in [0, 0.05) is 11.6 Å². The Balaban J connectivity index is 3.55. The first-order valence-corrected chi connectivity index (χ1v) is 4.52. The molecule has 17 heavy (non-hydrogen) atoms. The number of rotatable bonds is 3. The molecule has 0 unspecified atom stereocenters. The summed E-state index contributed by atoms with van der Waals surface area (Å²) in [6, 6.07) is 0.765. The number of aromatic hydroxyl groups is 3. The van der Waals surface area contributed by atoms with Gasteiger partial charge < -0.3 is 20.4 Å². The second-order valence-electron chi connectivity index (χ2n) is 3.31. The average molecular weight is 238 g/mol. The second kappa shape index (κ2) is 4.56. The van der Waals surface area contributed by atoms with Crippen molar-refractivity contribution in [1.82, 2.24) is 0 Å². The van der Waals surface area contributed by atoms with E-state index in [1.807, 2.05) is 0 Å². The van der Waals surface area contributed by atoms with Crippen LogP contribution < -0.4 is 0 Å². The molecule has 6 nitrogen and oxygen atoms in total. The number of carbonyl (C=O) groups is 2. The third-order valence-electron chi connectivity index (χ3n) is 2.19. The first kappa shape index (κ1) is 12.6. The van der Waals surface area contributed by atoms with E-state index >= 15 is 0 Å². The molecule has 0 aliphatic heterocycles. The molecule has 90 valence electrons. The summed E-state index contributed by atoms with van der Waals surface area (Å²) < 4.78 is 0. The summed E-state index contributed by atoms with van der Waals surface area (Å²) in [5, 5.41) is 36.9. The number of phenols is 3. The minimum absolute atomic E-state index is 0.141. The number of aliphatic hydroxyl groups excluding tert-OH is 1. The minimum Gasteiger partial charge on any atom is -0.515 e. The minimum atomic E-state index is -0.856. The highest BCUT2D eigenvalue weighted by Gasteiger charge is 2.23. The van der Waals surface area contributed by atoms with Crippen molar-refractivity contribution in [2.75, 3.05) is 0 Å². The standard InChI is InChI=1S/C11H10O6/c1-5(3-12)10(16)9-8(15)2-7(14)6(4-13)11(9)17/h2-4,12,14-15,17H,1H3/b5-3-. The van der Waals surface area contributed by atoms with Crippen molar-refractivity contribution in [3.05, 3.63) is 29.0 Å². The van der Waals surface area contributed by atoms with Crippen LogP contribution in [0.25, 0.3) is 0 Å². The summed E-state index contributed by atoms with van der Waals surface area (Å²) in [5.74, 6) is -3.01. The van der Waals surface area contributed by atoms with Gasteiger partial charge in [-0.05, 0) is 6.92 Å². The van der Waals surface area contributed by atoms with E-state index in [0.717, 1.165) is 6.07 Å². The molecule has 0 saturated heterocycles. The van der Waals surface area contributed by atoms with Crippen LogP contribution in [-0.2, 0) is 0 Å². The van der Waals surface area contributed by atoms with Gasteiger partial charge in [-0.1, -0.05) is 0 Å². The molecule has 1 aromatic rings. The maximum atomic E-state index is 11.7. The molecule has 0 aliphatic carbocycles. The molecule has 0 spiro atoms. The van der Waals surface area contributed by atoms with Gasteiger partial charge in [0.25, 0.3) is 0 Å². The first-order chi connectivity index (χ1) is 7.93. The lowest BCUT2D eigenvalue weighted by Gasteiger charge is -2.09. The molecular weight excluding hydrogens is 228 g/mol. The number of hydrogen-bond acceptors (Lipinski definition) is 6. The largest absolute Gasteiger partial charge is 0.515 e. The summed E-state index contributed by atoms with van der Waals surface area (Å²) in [7, 11) is 0. The van der Waals surface area contributed by atoms with Gasteiger partial charge in [-0.15, -0.1) is 0 Å². The van der Waals surface area contributed by atoms with E-state index < -0.39 is 34.2 Å². The Morgan fingerprint density at radius 1 is 1.24 bits per heavy atom. The van der Waals surface area contributed by atoms with Gasteiger partial charge in [-0.25, -0.2) is 0 Å². The number of aliphatic hydroxyl groups is 1. The molecule has 0 bridgehead atoms. The summed E-state index contributed by atoms with van der Waals surface area (Å²) in [6.45, 7) is 1.26. The van der Waals surface area contributed by atoms with Crippen LogP contribution in [0.3, 0.4) is 0 Å². The van der Waals surface area contributed by atoms with E-state index in [0.29, 0.717) is 6.26 Å². The number of carbonyl (C=O) groups excluding carboxylic acids is 2. The van der Waals surface area contributed by atoms with Gasteiger partial charge in [-0.2, -0.15) is 0 Å². The zero-order valence-corrected chi connectivity index (χ0v) is 8.84. The molecule has 0 aromatic heterocycles. The zero-order chi connectivity index (χ0) is 13.2. The van der Waals surface area contributed by atoms with E-state index in [9.17, 15) is 24.9 Å². The van der Waals surface area contributed by atoms with Crippen molar-refractivity contribution in [3.63, 3.8) is 0 Å². The molecule has 0 saturated carbocycles. The molecule has 0 radical (unpaired) electrons. The van der Waals surface area contributed by atoms with Crippen molar-refractivity contribution in [1.29, 1.82) is 0 Å². The molecule has 1 aromatic carbocycles. The number of allylic oxidation sites excluding steroid dienone is 1. The monoisotopic (exact) mass is 238 g/mol. The van der Waals surface area contributed by atoms with Crippen LogP contribution in [0, 0.1) is 0 Å². The van der Waals surface area contributed by atoms with E-state index in [1.54, 1.807) is 0 Å². The van der Waals surface area contributed by atoms with Crippen LogP contribution in [0.5, 0.6) is 17.2 Å². The van der Waals surface area contributed by atoms with Crippen LogP contribution in [-0.4, -0.2) is 32.5 Å². The third-order valence-corrected chi connectivity index (χ3v) is 2.19. The number of benzene rings is 1.